The zero-order valence-electron chi connectivity index (χ0n) is 9.03. The van der Waals surface area contributed by atoms with E-state index in [1.54, 1.807) is 6.26 Å². The smallest absolute Gasteiger partial charge is 0.223 e. The second-order valence-electron chi connectivity index (χ2n) is 4.32. The molecule has 1 fully saturated rings. The summed E-state index contributed by atoms with van der Waals surface area (Å²) in [6, 6.07) is 3.96. The molecule has 1 N–H and O–H groups in total. The summed E-state index contributed by atoms with van der Waals surface area (Å²) in [5.41, 5.74) is 0. The Balaban J connectivity index is 1.76. The second kappa shape index (κ2) is 4.51. The van der Waals surface area contributed by atoms with Crippen molar-refractivity contribution in [1.82, 2.24) is 5.32 Å². The molecule has 0 radical (unpaired) electrons. The number of amides is 1. The summed E-state index contributed by atoms with van der Waals surface area (Å²) >= 11 is 0. The summed E-state index contributed by atoms with van der Waals surface area (Å²) in [7, 11) is 0. The van der Waals surface area contributed by atoms with Crippen molar-refractivity contribution in [1.29, 1.82) is 0 Å². The molecule has 1 heterocycles. The number of nitrogens with one attached hydrogen (secondary N) is 1. The first-order chi connectivity index (χ1) is 7.25. The minimum Gasteiger partial charge on any atom is -0.469 e. The monoisotopic (exact) mass is 207 g/mol. The maximum atomic E-state index is 11.6. The SMILES string of the molecule is C[C@@H](Cc1ccco1)NC(=O)C1CCC1. The Bertz CT molecular complexity index is 314. The summed E-state index contributed by atoms with van der Waals surface area (Å²) < 4.78 is 5.24. The van der Waals surface area contributed by atoms with Crippen molar-refractivity contribution < 1.29 is 9.21 Å². The second-order valence-corrected chi connectivity index (χ2v) is 4.32. The Morgan fingerprint density at radius 2 is 2.47 bits per heavy atom. The van der Waals surface area contributed by atoms with Crippen molar-refractivity contribution in [2.24, 2.45) is 5.92 Å². The zero-order chi connectivity index (χ0) is 10.7. The van der Waals surface area contributed by atoms with Gasteiger partial charge in [-0.15, -0.1) is 0 Å². The van der Waals surface area contributed by atoms with Gasteiger partial charge in [-0.2, -0.15) is 0 Å². The third-order valence-electron chi connectivity index (χ3n) is 2.95. The van der Waals surface area contributed by atoms with Gasteiger partial charge in [0.05, 0.1) is 6.26 Å². The van der Waals surface area contributed by atoms with Crippen LogP contribution in [0.4, 0.5) is 0 Å². The largest absolute Gasteiger partial charge is 0.469 e. The van der Waals surface area contributed by atoms with E-state index in [1.807, 2.05) is 19.1 Å². The van der Waals surface area contributed by atoms with Gasteiger partial charge in [-0.3, -0.25) is 4.79 Å². The highest BCUT2D eigenvalue weighted by Crippen LogP contribution is 2.26. The molecular weight excluding hydrogens is 190 g/mol. The summed E-state index contributed by atoms with van der Waals surface area (Å²) in [6.07, 6.45) is 5.74. The van der Waals surface area contributed by atoms with E-state index in [0.29, 0.717) is 0 Å². The average molecular weight is 207 g/mol. The lowest BCUT2D eigenvalue weighted by Crippen LogP contribution is -2.40. The molecule has 0 bridgehead atoms. The normalized spacial score (nSPS) is 18.2. The van der Waals surface area contributed by atoms with Crippen LogP contribution < -0.4 is 5.32 Å². The number of hydrogen-bond donors (Lipinski definition) is 1. The Morgan fingerprint density at radius 3 is 3.00 bits per heavy atom. The molecule has 0 aliphatic heterocycles. The lowest BCUT2D eigenvalue weighted by Gasteiger charge is -2.25. The minimum absolute atomic E-state index is 0.157. The van der Waals surface area contributed by atoms with Crippen molar-refractivity contribution in [3.8, 4) is 0 Å². The van der Waals surface area contributed by atoms with Crippen molar-refractivity contribution in [2.45, 2.75) is 38.6 Å². The van der Waals surface area contributed by atoms with Crippen molar-refractivity contribution in [3.05, 3.63) is 24.2 Å². The first kappa shape index (κ1) is 10.3. The van der Waals surface area contributed by atoms with Crippen molar-refractivity contribution in [2.75, 3.05) is 0 Å². The van der Waals surface area contributed by atoms with E-state index in [-0.39, 0.29) is 17.9 Å². The van der Waals surface area contributed by atoms with E-state index in [9.17, 15) is 4.79 Å². The van der Waals surface area contributed by atoms with Crippen LogP contribution >= 0.6 is 0 Å². The topological polar surface area (TPSA) is 42.2 Å². The van der Waals surface area contributed by atoms with Crippen LogP contribution in [0, 0.1) is 5.92 Å². The van der Waals surface area contributed by atoms with Crippen molar-refractivity contribution in [3.63, 3.8) is 0 Å². The van der Waals surface area contributed by atoms with Gasteiger partial charge in [0.1, 0.15) is 5.76 Å². The molecule has 0 unspecified atom stereocenters. The first-order valence-corrected chi connectivity index (χ1v) is 5.58. The van der Waals surface area contributed by atoms with Crippen LogP contribution in [-0.4, -0.2) is 11.9 Å². The van der Waals surface area contributed by atoms with Gasteiger partial charge >= 0.3 is 0 Å². The number of carbonyl (C=O) groups is 1. The maximum absolute atomic E-state index is 11.6. The molecule has 3 nitrogen and oxygen atoms in total. The van der Waals surface area contributed by atoms with E-state index in [2.05, 4.69) is 5.32 Å². The molecule has 3 heteroatoms. The molecule has 2 rings (SSSR count). The fourth-order valence-corrected chi connectivity index (χ4v) is 1.81. The van der Waals surface area contributed by atoms with E-state index >= 15 is 0 Å². The van der Waals surface area contributed by atoms with Crippen LogP contribution in [0.25, 0.3) is 0 Å². The Labute approximate surface area is 89.9 Å². The number of hydrogen-bond acceptors (Lipinski definition) is 2. The number of carbonyl (C=O) groups excluding carboxylic acids is 1. The minimum atomic E-state index is 0.157. The van der Waals surface area contributed by atoms with Gasteiger partial charge in [0.15, 0.2) is 0 Å². The van der Waals surface area contributed by atoms with E-state index in [4.69, 9.17) is 4.42 Å². The fraction of sp³-hybridized carbons (Fsp3) is 0.583. The molecular formula is C12H17NO2. The van der Waals surface area contributed by atoms with Gasteiger partial charge in [-0.05, 0) is 31.9 Å². The predicted octanol–water partition coefficient (Wildman–Crippen LogP) is 2.13. The van der Waals surface area contributed by atoms with Crippen LogP contribution in [0.5, 0.6) is 0 Å². The molecule has 0 saturated heterocycles. The van der Waals surface area contributed by atoms with Crippen molar-refractivity contribution >= 4 is 5.91 Å². The van der Waals surface area contributed by atoms with Gasteiger partial charge in [0.2, 0.25) is 5.91 Å². The van der Waals surface area contributed by atoms with E-state index < -0.39 is 0 Å². The van der Waals surface area contributed by atoms with Crippen LogP contribution in [0.1, 0.15) is 31.9 Å². The molecule has 1 aromatic rings. The fourth-order valence-electron chi connectivity index (χ4n) is 1.81. The molecule has 15 heavy (non-hydrogen) atoms. The third kappa shape index (κ3) is 2.61. The highest BCUT2D eigenvalue weighted by atomic mass is 16.3. The summed E-state index contributed by atoms with van der Waals surface area (Å²) in [4.78, 5) is 11.6. The molecule has 82 valence electrons. The Morgan fingerprint density at radius 1 is 1.67 bits per heavy atom. The van der Waals surface area contributed by atoms with Gasteiger partial charge in [-0.25, -0.2) is 0 Å². The Hall–Kier alpha value is -1.25. The van der Waals surface area contributed by atoms with Gasteiger partial charge in [0.25, 0.3) is 0 Å². The molecule has 1 atom stereocenters. The average Bonchev–Trinajstić information content (AvgIpc) is 2.52. The standard InChI is InChI=1S/C12H17NO2/c1-9(8-11-6-3-7-15-11)13-12(14)10-4-2-5-10/h3,6-7,9-10H,2,4-5,8H2,1H3,(H,13,14)/t9-/m0/s1. The van der Waals surface area contributed by atoms with Crippen LogP contribution in [0.2, 0.25) is 0 Å². The lowest BCUT2D eigenvalue weighted by molar-refractivity contribution is -0.128. The Kier molecular flexibility index (Phi) is 3.09. The van der Waals surface area contributed by atoms with E-state index in [0.717, 1.165) is 25.0 Å². The zero-order valence-corrected chi connectivity index (χ0v) is 9.03. The van der Waals surface area contributed by atoms with E-state index in [1.165, 1.54) is 6.42 Å². The highest BCUT2D eigenvalue weighted by Gasteiger charge is 2.25. The molecule has 1 aromatic heterocycles. The predicted molar refractivity (Wildman–Crippen MR) is 57.4 cm³/mol. The highest BCUT2D eigenvalue weighted by molar-refractivity contribution is 5.79. The summed E-state index contributed by atoms with van der Waals surface area (Å²) in [5, 5.41) is 3.02. The number of furan rings is 1. The molecule has 1 aliphatic rings. The molecule has 0 aromatic carbocycles. The maximum Gasteiger partial charge on any atom is 0.223 e. The van der Waals surface area contributed by atoms with Gasteiger partial charge < -0.3 is 9.73 Å². The molecule has 1 saturated carbocycles. The van der Waals surface area contributed by atoms with Gasteiger partial charge in [0, 0.05) is 18.4 Å². The lowest BCUT2D eigenvalue weighted by atomic mass is 9.84. The van der Waals surface area contributed by atoms with Crippen LogP contribution in [-0.2, 0) is 11.2 Å². The molecule has 1 aliphatic carbocycles. The summed E-state index contributed by atoms with van der Waals surface area (Å²) in [6.45, 7) is 2.01. The first-order valence-electron chi connectivity index (χ1n) is 5.58. The summed E-state index contributed by atoms with van der Waals surface area (Å²) in [5.74, 6) is 1.40. The molecule has 0 spiro atoms. The van der Waals surface area contributed by atoms with Crippen LogP contribution in [0.15, 0.2) is 22.8 Å². The molecule has 1 amide bonds. The van der Waals surface area contributed by atoms with Crippen LogP contribution in [0.3, 0.4) is 0 Å². The number of rotatable bonds is 4. The van der Waals surface area contributed by atoms with Gasteiger partial charge in [-0.1, -0.05) is 6.42 Å². The third-order valence-corrected chi connectivity index (χ3v) is 2.95. The quantitative estimate of drug-likeness (QED) is 0.821.